The number of nitrogens with one attached hydrogen (secondary N) is 2. The van der Waals surface area contributed by atoms with Crippen LogP contribution >= 0.6 is 23.2 Å². The summed E-state index contributed by atoms with van der Waals surface area (Å²) in [5.74, 6) is -1.30. The third kappa shape index (κ3) is 6.15. The predicted octanol–water partition coefficient (Wildman–Crippen LogP) is 4.63. The Balaban J connectivity index is 1.64. The van der Waals surface area contributed by atoms with Gasteiger partial charge in [-0.05, 0) is 48.5 Å². The summed E-state index contributed by atoms with van der Waals surface area (Å²) in [6.07, 6.45) is 0. The largest absolute Gasteiger partial charge is 0.497 e. The van der Waals surface area contributed by atoms with Crippen molar-refractivity contribution < 1.29 is 23.9 Å². The number of nitrogen functional groups attached to an aromatic ring is 1. The number of rotatable bonds is 7. The van der Waals surface area contributed by atoms with Gasteiger partial charge in [-0.25, -0.2) is 4.79 Å². The molecule has 0 radical (unpaired) electrons. The van der Waals surface area contributed by atoms with Crippen LogP contribution in [-0.4, -0.2) is 31.5 Å². The zero-order valence-corrected chi connectivity index (χ0v) is 18.9. The Hall–Kier alpha value is -3.75. The van der Waals surface area contributed by atoms with Gasteiger partial charge >= 0.3 is 5.97 Å². The summed E-state index contributed by atoms with van der Waals surface area (Å²) in [5.41, 5.74) is 6.72. The molecule has 3 aromatic carbocycles. The highest BCUT2D eigenvalue weighted by atomic mass is 35.5. The number of carbonyl (C=O) groups is 3. The fourth-order valence-corrected chi connectivity index (χ4v) is 3.31. The summed E-state index contributed by atoms with van der Waals surface area (Å²) in [6.45, 7) is -0.614. The van der Waals surface area contributed by atoms with Crippen LogP contribution in [0.2, 0.25) is 10.0 Å². The number of carbonyl (C=O) groups excluding carboxylic acids is 3. The maximum Gasteiger partial charge on any atom is 0.340 e. The Labute approximate surface area is 199 Å². The van der Waals surface area contributed by atoms with Crippen LogP contribution in [-0.2, 0) is 9.53 Å². The van der Waals surface area contributed by atoms with Gasteiger partial charge in [-0.15, -0.1) is 0 Å². The minimum Gasteiger partial charge on any atom is -0.497 e. The number of nitrogens with two attached hydrogens (primary N) is 1. The highest BCUT2D eigenvalue weighted by Crippen LogP contribution is 2.28. The number of esters is 1. The van der Waals surface area contributed by atoms with E-state index in [4.69, 9.17) is 38.4 Å². The van der Waals surface area contributed by atoms with E-state index in [-0.39, 0.29) is 32.5 Å². The van der Waals surface area contributed by atoms with E-state index < -0.39 is 24.4 Å². The van der Waals surface area contributed by atoms with Crippen molar-refractivity contribution >= 4 is 58.0 Å². The highest BCUT2D eigenvalue weighted by molar-refractivity contribution is 6.37. The number of hydrogen-bond donors (Lipinski definition) is 3. The number of amides is 2. The summed E-state index contributed by atoms with van der Waals surface area (Å²) in [5, 5.41) is 5.59. The number of para-hydroxylation sites is 1. The van der Waals surface area contributed by atoms with Gasteiger partial charge in [0.25, 0.3) is 11.8 Å². The molecule has 4 N–H and O–H groups in total. The van der Waals surface area contributed by atoms with E-state index >= 15 is 0 Å². The zero-order chi connectivity index (χ0) is 24.0. The molecular weight excluding hydrogens is 469 g/mol. The summed E-state index contributed by atoms with van der Waals surface area (Å²) < 4.78 is 10.1. The molecule has 3 aromatic rings. The number of hydrogen-bond acceptors (Lipinski definition) is 6. The summed E-state index contributed by atoms with van der Waals surface area (Å²) in [6, 6.07) is 15.9. The lowest BCUT2D eigenvalue weighted by Crippen LogP contribution is -2.23. The number of methoxy groups -OCH3 is 1. The molecule has 0 aliphatic heterocycles. The van der Waals surface area contributed by atoms with Crippen LogP contribution in [0, 0.1) is 0 Å². The third-order valence-electron chi connectivity index (χ3n) is 4.44. The molecule has 0 aliphatic carbocycles. The van der Waals surface area contributed by atoms with Gasteiger partial charge in [0.05, 0.1) is 34.6 Å². The normalized spacial score (nSPS) is 10.3. The molecular formula is C23H19Cl2N3O5. The zero-order valence-electron chi connectivity index (χ0n) is 17.4. The standard InChI is InChI=1S/C23H19Cl2N3O5/c1-32-15-8-6-14(7-9-15)27-22(30)16-4-2-3-5-19(16)28-20(29)12-33-23(31)17-10-13(24)11-18(25)21(17)26/h2-11H,12,26H2,1H3,(H,27,30)(H,28,29). The quantitative estimate of drug-likeness (QED) is 0.330. The second kappa shape index (κ2) is 10.7. The Morgan fingerprint density at radius 1 is 0.939 bits per heavy atom. The highest BCUT2D eigenvalue weighted by Gasteiger charge is 2.18. The second-order valence-electron chi connectivity index (χ2n) is 6.70. The molecule has 0 fully saturated rings. The molecule has 0 aliphatic rings. The minimum atomic E-state index is -0.863. The van der Waals surface area contributed by atoms with E-state index in [1.165, 1.54) is 12.1 Å². The number of ether oxygens (including phenoxy) is 2. The maximum atomic E-state index is 12.7. The van der Waals surface area contributed by atoms with Gasteiger partial charge in [-0.1, -0.05) is 35.3 Å². The average Bonchev–Trinajstić information content (AvgIpc) is 2.80. The van der Waals surface area contributed by atoms with Crippen molar-refractivity contribution in [2.45, 2.75) is 0 Å². The smallest absolute Gasteiger partial charge is 0.340 e. The molecule has 0 aromatic heterocycles. The van der Waals surface area contributed by atoms with Gasteiger partial charge in [-0.2, -0.15) is 0 Å². The van der Waals surface area contributed by atoms with Crippen LogP contribution in [0.25, 0.3) is 0 Å². The molecule has 0 spiro atoms. The van der Waals surface area contributed by atoms with E-state index in [2.05, 4.69) is 10.6 Å². The van der Waals surface area contributed by atoms with E-state index in [1.54, 1.807) is 55.6 Å². The summed E-state index contributed by atoms with van der Waals surface area (Å²) in [7, 11) is 1.54. The Morgan fingerprint density at radius 3 is 2.33 bits per heavy atom. The van der Waals surface area contributed by atoms with Crippen LogP contribution in [0.4, 0.5) is 17.1 Å². The fourth-order valence-electron chi connectivity index (χ4n) is 2.81. The molecule has 8 nitrogen and oxygen atoms in total. The molecule has 0 saturated heterocycles. The lowest BCUT2D eigenvalue weighted by molar-refractivity contribution is -0.119. The van der Waals surface area contributed by atoms with E-state index in [1.807, 2.05) is 0 Å². The van der Waals surface area contributed by atoms with Crippen LogP contribution in [0.5, 0.6) is 5.75 Å². The summed E-state index contributed by atoms with van der Waals surface area (Å²) in [4.78, 5) is 37.3. The van der Waals surface area contributed by atoms with E-state index in [9.17, 15) is 14.4 Å². The predicted molar refractivity (Wildman–Crippen MR) is 127 cm³/mol. The monoisotopic (exact) mass is 487 g/mol. The van der Waals surface area contributed by atoms with Crippen molar-refractivity contribution in [1.29, 1.82) is 0 Å². The lowest BCUT2D eigenvalue weighted by Gasteiger charge is -2.12. The van der Waals surface area contributed by atoms with Gasteiger partial charge in [-0.3, -0.25) is 9.59 Å². The van der Waals surface area contributed by atoms with Crippen LogP contribution in [0.3, 0.4) is 0 Å². The number of benzene rings is 3. The average molecular weight is 488 g/mol. The molecule has 0 heterocycles. The molecule has 10 heteroatoms. The van der Waals surface area contributed by atoms with Crippen LogP contribution < -0.4 is 21.1 Å². The van der Waals surface area contributed by atoms with Gasteiger partial charge in [0.2, 0.25) is 0 Å². The first-order valence-corrected chi connectivity index (χ1v) is 10.3. The molecule has 0 unspecified atom stereocenters. The molecule has 0 bridgehead atoms. The molecule has 33 heavy (non-hydrogen) atoms. The molecule has 2 amide bonds. The first-order chi connectivity index (χ1) is 15.8. The number of halogens is 2. The lowest BCUT2D eigenvalue weighted by atomic mass is 10.1. The Morgan fingerprint density at radius 2 is 1.64 bits per heavy atom. The van der Waals surface area contributed by atoms with Crippen molar-refractivity contribution in [1.82, 2.24) is 0 Å². The van der Waals surface area contributed by atoms with Gasteiger partial charge < -0.3 is 25.8 Å². The Bertz CT molecular complexity index is 1200. The molecule has 3 rings (SSSR count). The van der Waals surface area contributed by atoms with Crippen molar-refractivity contribution in [2.75, 3.05) is 30.1 Å². The molecule has 0 atom stereocenters. The van der Waals surface area contributed by atoms with Crippen molar-refractivity contribution in [3.8, 4) is 5.75 Å². The fraction of sp³-hybridized carbons (Fsp3) is 0.0870. The Kier molecular flexibility index (Phi) is 7.76. The summed E-state index contributed by atoms with van der Waals surface area (Å²) >= 11 is 11.8. The van der Waals surface area contributed by atoms with Crippen molar-refractivity contribution in [3.63, 3.8) is 0 Å². The van der Waals surface area contributed by atoms with Crippen molar-refractivity contribution in [3.05, 3.63) is 81.8 Å². The second-order valence-corrected chi connectivity index (χ2v) is 7.55. The van der Waals surface area contributed by atoms with Crippen LogP contribution in [0.1, 0.15) is 20.7 Å². The topological polar surface area (TPSA) is 120 Å². The maximum absolute atomic E-state index is 12.7. The SMILES string of the molecule is COc1ccc(NC(=O)c2ccccc2NC(=O)COC(=O)c2cc(Cl)cc(Cl)c2N)cc1. The van der Waals surface area contributed by atoms with Gasteiger partial charge in [0.1, 0.15) is 5.75 Å². The van der Waals surface area contributed by atoms with E-state index in [0.29, 0.717) is 11.4 Å². The minimum absolute atomic E-state index is 0.00739. The van der Waals surface area contributed by atoms with Gasteiger partial charge in [0, 0.05) is 10.7 Å². The first kappa shape index (κ1) is 23.9. The first-order valence-electron chi connectivity index (χ1n) is 9.54. The third-order valence-corrected chi connectivity index (χ3v) is 4.97. The molecule has 0 saturated carbocycles. The number of anilines is 3. The van der Waals surface area contributed by atoms with Crippen molar-refractivity contribution in [2.24, 2.45) is 0 Å². The van der Waals surface area contributed by atoms with E-state index in [0.717, 1.165) is 0 Å². The van der Waals surface area contributed by atoms with Gasteiger partial charge in [0.15, 0.2) is 6.61 Å². The molecule has 170 valence electrons. The van der Waals surface area contributed by atoms with Crippen LogP contribution in [0.15, 0.2) is 60.7 Å².